The van der Waals surface area contributed by atoms with Crippen LogP contribution in [0.5, 0.6) is 5.75 Å². The van der Waals surface area contributed by atoms with Gasteiger partial charge in [-0.3, -0.25) is 0 Å². The zero-order valence-corrected chi connectivity index (χ0v) is 16.3. The quantitative estimate of drug-likeness (QED) is 0.524. The fourth-order valence-corrected chi connectivity index (χ4v) is 2.38. The lowest BCUT2D eigenvalue weighted by Crippen LogP contribution is -2.14. The highest BCUT2D eigenvalue weighted by Gasteiger charge is 2.32. The molecule has 6 N–H and O–H groups in total. The Labute approximate surface area is 172 Å². The molecule has 1 aromatic heterocycles. The highest BCUT2D eigenvalue weighted by atomic mass is 19.4. The van der Waals surface area contributed by atoms with Crippen molar-refractivity contribution < 1.29 is 17.9 Å². The number of anilines is 1. The number of benzene rings is 1. The van der Waals surface area contributed by atoms with Crippen molar-refractivity contribution in [2.75, 3.05) is 12.8 Å². The second kappa shape index (κ2) is 9.05. The molecule has 0 fully saturated rings. The first-order valence-electron chi connectivity index (χ1n) is 8.51. The summed E-state index contributed by atoms with van der Waals surface area (Å²) in [5.41, 5.74) is 17.2. The number of pyridine rings is 1. The number of aliphatic imine (C=N–C) groups is 1. The van der Waals surface area contributed by atoms with Crippen LogP contribution in [0.1, 0.15) is 23.6 Å². The summed E-state index contributed by atoms with van der Waals surface area (Å²) in [6.07, 6.45) is -3.14. The summed E-state index contributed by atoms with van der Waals surface area (Å²) in [5, 5.41) is 0. The molecule has 1 aromatic carbocycles. The predicted octanol–water partition coefficient (Wildman–Crippen LogP) is 3.19. The third kappa shape index (κ3) is 5.78. The first kappa shape index (κ1) is 22.4. The first-order chi connectivity index (χ1) is 14.0. The van der Waals surface area contributed by atoms with Gasteiger partial charge in [-0.05, 0) is 37.3 Å². The molecule has 1 heterocycles. The van der Waals surface area contributed by atoms with Gasteiger partial charge in [-0.15, -0.1) is 0 Å². The van der Waals surface area contributed by atoms with Gasteiger partial charge in [0.05, 0.1) is 24.0 Å². The van der Waals surface area contributed by atoms with Gasteiger partial charge < -0.3 is 21.9 Å². The second-order valence-corrected chi connectivity index (χ2v) is 6.18. The Hall–Kier alpha value is -3.93. The molecule has 0 aliphatic carbocycles. The maximum atomic E-state index is 13.4. The van der Waals surface area contributed by atoms with Crippen molar-refractivity contribution in [2.45, 2.75) is 13.1 Å². The number of ether oxygens (including phenoxy) is 1. The van der Waals surface area contributed by atoms with Gasteiger partial charge in [0, 0.05) is 23.0 Å². The fraction of sp³-hybridized carbons (Fsp3) is 0.143. The van der Waals surface area contributed by atoms with Crippen LogP contribution in [0.2, 0.25) is 0 Å². The van der Waals surface area contributed by atoms with Crippen molar-refractivity contribution in [2.24, 2.45) is 16.5 Å². The Morgan fingerprint density at radius 2 is 1.90 bits per heavy atom. The maximum Gasteiger partial charge on any atom is 0.416 e. The van der Waals surface area contributed by atoms with E-state index < -0.39 is 11.7 Å². The molecule has 2 rings (SSSR count). The second-order valence-electron chi connectivity index (χ2n) is 6.18. The average Bonchev–Trinajstić information content (AvgIpc) is 2.67. The molecular weight excluding hydrogens is 395 g/mol. The lowest BCUT2D eigenvalue weighted by atomic mass is 9.98. The highest BCUT2D eigenvalue weighted by Crippen LogP contribution is 2.33. The number of hydrogen-bond acceptors (Lipinski definition) is 6. The molecular formula is C21H20F3N5O. The molecule has 2 aromatic rings. The zero-order valence-electron chi connectivity index (χ0n) is 16.3. The van der Waals surface area contributed by atoms with Gasteiger partial charge >= 0.3 is 6.18 Å². The summed E-state index contributed by atoms with van der Waals surface area (Å²) in [5.74, 6) is 5.85. The van der Waals surface area contributed by atoms with E-state index in [1.54, 1.807) is 19.1 Å². The summed E-state index contributed by atoms with van der Waals surface area (Å²) in [6.45, 7) is 5.05. The van der Waals surface area contributed by atoms with Crippen molar-refractivity contribution in [1.29, 1.82) is 0 Å². The smallest absolute Gasteiger partial charge is 0.416 e. The van der Waals surface area contributed by atoms with Gasteiger partial charge in [0.1, 0.15) is 17.4 Å². The Morgan fingerprint density at radius 1 is 1.20 bits per heavy atom. The molecule has 156 valence electrons. The van der Waals surface area contributed by atoms with Gasteiger partial charge in [-0.2, -0.15) is 13.2 Å². The Morgan fingerprint density at radius 3 is 2.40 bits per heavy atom. The lowest BCUT2D eigenvalue weighted by molar-refractivity contribution is -0.137. The van der Waals surface area contributed by atoms with Crippen LogP contribution in [0.25, 0.3) is 0 Å². The molecule has 0 unspecified atom stereocenters. The van der Waals surface area contributed by atoms with Gasteiger partial charge in [-0.1, -0.05) is 18.4 Å². The number of allylic oxidation sites excluding steroid dienone is 2. The Kier molecular flexibility index (Phi) is 6.74. The minimum Gasteiger partial charge on any atom is -0.497 e. The van der Waals surface area contributed by atoms with Crippen LogP contribution < -0.4 is 21.9 Å². The number of halogens is 3. The number of methoxy groups -OCH3 is 1. The molecule has 9 heteroatoms. The standard InChI is InChI=1S/C21H20F3N5O/c1-12(25)18(6-4-14-5-7-19(27)28-11-14)20(29-13(2)26)15-8-16(21(22,23)24)10-17(9-15)30-3/h5,7-11H,2,25-26H2,1,3H3,(H2,27,28)/b18-12-,29-20-. The molecule has 0 saturated heterocycles. The van der Waals surface area contributed by atoms with E-state index >= 15 is 0 Å². The molecule has 0 aliphatic rings. The van der Waals surface area contributed by atoms with E-state index in [4.69, 9.17) is 21.9 Å². The summed E-state index contributed by atoms with van der Waals surface area (Å²) in [6, 6.07) is 6.39. The summed E-state index contributed by atoms with van der Waals surface area (Å²) >= 11 is 0. The average molecular weight is 415 g/mol. The summed E-state index contributed by atoms with van der Waals surface area (Å²) in [7, 11) is 1.26. The highest BCUT2D eigenvalue weighted by molar-refractivity contribution is 6.16. The molecule has 0 amide bonds. The topological polar surface area (TPSA) is 113 Å². The van der Waals surface area contributed by atoms with Gasteiger partial charge in [0.15, 0.2) is 0 Å². The van der Waals surface area contributed by atoms with Crippen LogP contribution in [-0.2, 0) is 6.18 Å². The molecule has 0 bridgehead atoms. The van der Waals surface area contributed by atoms with Gasteiger partial charge in [0.25, 0.3) is 0 Å². The van der Waals surface area contributed by atoms with Crippen LogP contribution in [0, 0.1) is 11.8 Å². The maximum absolute atomic E-state index is 13.4. The van der Waals surface area contributed by atoms with Crippen molar-refractivity contribution in [3.63, 3.8) is 0 Å². The van der Waals surface area contributed by atoms with Crippen molar-refractivity contribution in [3.8, 4) is 17.6 Å². The monoisotopic (exact) mass is 415 g/mol. The Bertz CT molecular complexity index is 1070. The van der Waals surface area contributed by atoms with E-state index in [1.807, 2.05) is 0 Å². The molecule has 0 atom stereocenters. The number of nitrogen functional groups attached to an aromatic ring is 1. The van der Waals surface area contributed by atoms with E-state index in [9.17, 15) is 13.2 Å². The number of alkyl halides is 3. The SMILES string of the molecule is C=C(N)/N=C(\C(C#Cc1ccc(N)nc1)=C(\C)N)c1cc(OC)cc(C(F)(F)F)c1. The molecule has 0 spiro atoms. The van der Waals surface area contributed by atoms with E-state index in [1.165, 1.54) is 19.4 Å². The minimum absolute atomic E-state index is 0.0140. The molecule has 6 nitrogen and oxygen atoms in total. The molecule has 0 saturated carbocycles. The number of aromatic nitrogens is 1. The van der Waals surface area contributed by atoms with Crippen LogP contribution in [0.15, 0.2) is 65.2 Å². The number of nitrogens with zero attached hydrogens (tertiary/aromatic N) is 2. The van der Waals surface area contributed by atoms with E-state index in [2.05, 4.69) is 28.4 Å². The minimum atomic E-state index is -4.60. The van der Waals surface area contributed by atoms with Crippen molar-refractivity contribution in [1.82, 2.24) is 4.98 Å². The third-order valence-electron chi connectivity index (χ3n) is 3.75. The first-order valence-corrected chi connectivity index (χ1v) is 8.51. The molecule has 0 aliphatic heterocycles. The van der Waals surface area contributed by atoms with Gasteiger partial charge in [0.2, 0.25) is 0 Å². The number of rotatable bonds is 4. The van der Waals surface area contributed by atoms with Gasteiger partial charge in [-0.25, -0.2) is 9.98 Å². The van der Waals surface area contributed by atoms with E-state index in [-0.39, 0.29) is 34.1 Å². The van der Waals surface area contributed by atoms with E-state index in [0.717, 1.165) is 12.1 Å². The largest absolute Gasteiger partial charge is 0.497 e. The van der Waals surface area contributed by atoms with E-state index in [0.29, 0.717) is 11.4 Å². The molecule has 30 heavy (non-hydrogen) atoms. The molecule has 0 radical (unpaired) electrons. The van der Waals surface area contributed by atoms with Crippen LogP contribution in [0.4, 0.5) is 19.0 Å². The number of nitrogens with two attached hydrogens (primary N) is 3. The fourth-order valence-electron chi connectivity index (χ4n) is 2.38. The summed E-state index contributed by atoms with van der Waals surface area (Å²) in [4.78, 5) is 8.03. The zero-order chi connectivity index (χ0) is 22.5. The normalized spacial score (nSPS) is 12.5. The van der Waals surface area contributed by atoms with Crippen LogP contribution >= 0.6 is 0 Å². The number of hydrogen-bond donors (Lipinski definition) is 3. The third-order valence-corrected chi connectivity index (χ3v) is 3.75. The van der Waals surface area contributed by atoms with Crippen molar-refractivity contribution in [3.05, 3.63) is 76.9 Å². The Balaban J connectivity index is 2.68. The predicted molar refractivity (Wildman–Crippen MR) is 110 cm³/mol. The lowest BCUT2D eigenvalue weighted by Gasteiger charge is -2.14. The van der Waals surface area contributed by atoms with Crippen molar-refractivity contribution >= 4 is 11.5 Å². The summed E-state index contributed by atoms with van der Waals surface area (Å²) < 4.78 is 45.1. The van der Waals surface area contributed by atoms with Crippen LogP contribution in [0.3, 0.4) is 0 Å². The van der Waals surface area contributed by atoms with Crippen LogP contribution in [-0.4, -0.2) is 17.8 Å².